The second-order valence-corrected chi connectivity index (χ2v) is 7.43. The largest absolute Gasteiger partial charge is 0.422 e. The Morgan fingerprint density at radius 2 is 1.97 bits per heavy atom. The number of hydrogen-bond acceptors (Lipinski definition) is 4. The van der Waals surface area contributed by atoms with Gasteiger partial charge in [-0.1, -0.05) is 24.3 Å². The molecule has 29 heavy (non-hydrogen) atoms. The van der Waals surface area contributed by atoms with Gasteiger partial charge in [-0.05, 0) is 55.5 Å². The van der Waals surface area contributed by atoms with Gasteiger partial charge in [0, 0.05) is 22.6 Å². The standard InChI is InChI=1S/C23H18N2O4/c26-21-17-7-3-2-6-15(17)16-10-9-14(12-19(16)25-21)24-22(27)18-11-13-5-1-4-8-20(13)29-23(18)28/h1,4-5,8-12,16H,2-3,6-7H2,(H,25,26). The van der Waals surface area contributed by atoms with Gasteiger partial charge in [-0.25, -0.2) is 9.79 Å². The average Bonchev–Trinajstić information content (AvgIpc) is 2.73. The molecule has 1 atom stereocenters. The first-order valence-corrected chi connectivity index (χ1v) is 9.69. The van der Waals surface area contributed by atoms with Crippen molar-refractivity contribution in [3.05, 3.63) is 81.4 Å². The number of amides is 2. The molecule has 0 spiro atoms. The molecule has 6 heteroatoms. The van der Waals surface area contributed by atoms with E-state index < -0.39 is 11.5 Å². The van der Waals surface area contributed by atoms with Crippen molar-refractivity contribution in [1.29, 1.82) is 0 Å². The molecule has 6 nitrogen and oxygen atoms in total. The molecule has 1 N–H and O–H groups in total. The van der Waals surface area contributed by atoms with Crippen LogP contribution in [0.4, 0.5) is 0 Å². The number of carbonyl (C=O) groups excluding carboxylic acids is 2. The van der Waals surface area contributed by atoms with Crippen LogP contribution in [0, 0.1) is 5.92 Å². The van der Waals surface area contributed by atoms with Gasteiger partial charge in [0.15, 0.2) is 0 Å². The number of allylic oxidation sites excluding steroid dienone is 3. The predicted octanol–water partition coefficient (Wildman–Crippen LogP) is 3.44. The second kappa shape index (κ2) is 6.81. The zero-order chi connectivity index (χ0) is 20.0. The van der Waals surface area contributed by atoms with Gasteiger partial charge in [0.05, 0.1) is 5.71 Å². The Kier molecular flexibility index (Phi) is 4.12. The van der Waals surface area contributed by atoms with E-state index in [4.69, 9.17) is 4.42 Å². The Balaban J connectivity index is 1.48. The topological polar surface area (TPSA) is 88.7 Å². The van der Waals surface area contributed by atoms with E-state index in [1.54, 1.807) is 36.4 Å². The van der Waals surface area contributed by atoms with Crippen molar-refractivity contribution < 1.29 is 14.0 Å². The molecule has 1 aromatic carbocycles. The summed E-state index contributed by atoms with van der Waals surface area (Å²) in [7, 11) is 0. The molecule has 0 saturated heterocycles. The predicted molar refractivity (Wildman–Crippen MR) is 109 cm³/mol. The van der Waals surface area contributed by atoms with Crippen molar-refractivity contribution in [2.45, 2.75) is 25.7 Å². The van der Waals surface area contributed by atoms with Crippen LogP contribution in [-0.4, -0.2) is 17.5 Å². The minimum atomic E-state index is -0.716. The molecule has 2 aromatic rings. The van der Waals surface area contributed by atoms with Gasteiger partial charge in [0.2, 0.25) is 0 Å². The van der Waals surface area contributed by atoms with E-state index in [0.717, 1.165) is 37.0 Å². The molecular weight excluding hydrogens is 368 g/mol. The van der Waals surface area contributed by atoms with Crippen LogP contribution in [0.3, 0.4) is 0 Å². The molecule has 1 aromatic heterocycles. The zero-order valence-electron chi connectivity index (χ0n) is 15.6. The first-order valence-electron chi connectivity index (χ1n) is 9.69. The number of aliphatic imine (C=N–C) groups is 1. The Morgan fingerprint density at radius 3 is 2.86 bits per heavy atom. The van der Waals surface area contributed by atoms with E-state index in [2.05, 4.69) is 10.3 Å². The maximum atomic E-state index is 12.6. The van der Waals surface area contributed by atoms with Crippen LogP contribution >= 0.6 is 0 Å². The van der Waals surface area contributed by atoms with Crippen LogP contribution in [0.5, 0.6) is 0 Å². The number of nitrogens with one attached hydrogen (secondary N) is 1. The molecule has 2 aliphatic carbocycles. The molecule has 144 valence electrons. The van der Waals surface area contributed by atoms with E-state index in [1.165, 1.54) is 11.6 Å². The molecule has 0 saturated carbocycles. The molecule has 0 radical (unpaired) electrons. The lowest BCUT2D eigenvalue weighted by Crippen LogP contribution is -2.37. The number of rotatable bonds is 1. The summed E-state index contributed by atoms with van der Waals surface area (Å²) >= 11 is 0. The van der Waals surface area contributed by atoms with Gasteiger partial charge in [-0.3, -0.25) is 9.59 Å². The van der Waals surface area contributed by atoms with Gasteiger partial charge >= 0.3 is 5.63 Å². The third kappa shape index (κ3) is 3.06. The maximum absolute atomic E-state index is 12.6. The zero-order valence-corrected chi connectivity index (χ0v) is 15.6. The second-order valence-electron chi connectivity index (χ2n) is 7.43. The van der Waals surface area contributed by atoms with Crippen molar-refractivity contribution in [2.75, 3.05) is 0 Å². The van der Waals surface area contributed by atoms with E-state index in [0.29, 0.717) is 16.7 Å². The third-order valence-corrected chi connectivity index (χ3v) is 5.62. The molecule has 0 fully saturated rings. The Morgan fingerprint density at radius 1 is 1.14 bits per heavy atom. The molecule has 1 aliphatic heterocycles. The summed E-state index contributed by atoms with van der Waals surface area (Å²) in [5.74, 6) is -0.694. The monoisotopic (exact) mass is 386 g/mol. The summed E-state index contributed by atoms with van der Waals surface area (Å²) < 4.78 is 5.22. The van der Waals surface area contributed by atoms with Crippen molar-refractivity contribution >= 4 is 28.5 Å². The Hall–Kier alpha value is -3.54. The Bertz CT molecular complexity index is 1240. The lowest BCUT2D eigenvalue weighted by molar-refractivity contribution is -0.117. The fourth-order valence-electron chi connectivity index (χ4n) is 4.21. The van der Waals surface area contributed by atoms with E-state index in [-0.39, 0.29) is 17.4 Å². The van der Waals surface area contributed by atoms with Crippen LogP contribution in [0.15, 0.2) is 79.6 Å². The number of para-hydroxylation sites is 1. The lowest BCUT2D eigenvalue weighted by Gasteiger charge is -2.33. The highest BCUT2D eigenvalue weighted by Gasteiger charge is 2.33. The molecule has 2 amide bonds. The summed E-state index contributed by atoms with van der Waals surface area (Å²) in [6, 6.07) is 8.50. The van der Waals surface area contributed by atoms with Gasteiger partial charge in [-0.2, -0.15) is 0 Å². The number of fused-ring (bicyclic) bond motifs is 3. The smallest absolute Gasteiger partial charge is 0.349 e. The quantitative estimate of drug-likeness (QED) is 0.761. The van der Waals surface area contributed by atoms with Gasteiger partial charge in [-0.15, -0.1) is 0 Å². The van der Waals surface area contributed by atoms with Crippen molar-refractivity contribution in [3.8, 4) is 0 Å². The van der Waals surface area contributed by atoms with Crippen LogP contribution < -0.4 is 10.9 Å². The fraction of sp³-hybridized carbons (Fsp3) is 0.217. The molecule has 2 heterocycles. The van der Waals surface area contributed by atoms with Gasteiger partial charge < -0.3 is 9.73 Å². The summed E-state index contributed by atoms with van der Waals surface area (Å²) in [6.45, 7) is 0. The number of benzene rings is 1. The van der Waals surface area contributed by atoms with Crippen LogP contribution in [-0.2, 0) is 4.79 Å². The first kappa shape index (κ1) is 17.6. The number of hydrogen-bond donors (Lipinski definition) is 1. The highest BCUT2D eigenvalue weighted by atomic mass is 16.4. The lowest BCUT2D eigenvalue weighted by atomic mass is 9.77. The molecule has 1 unspecified atom stereocenters. The molecule has 5 rings (SSSR count). The van der Waals surface area contributed by atoms with Crippen LogP contribution in [0.2, 0.25) is 0 Å². The number of carbonyl (C=O) groups is 2. The number of nitrogens with zero attached hydrogens (tertiary/aromatic N) is 1. The molecule has 0 bridgehead atoms. The van der Waals surface area contributed by atoms with Gasteiger partial charge in [0.1, 0.15) is 11.1 Å². The normalized spacial score (nSPS) is 22.2. The summed E-state index contributed by atoms with van der Waals surface area (Å²) in [5.41, 5.74) is 2.78. The third-order valence-electron chi connectivity index (χ3n) is 5.62. The Labute approximate surface area is 166 Å². The summed E-state index contributed by atoms with van der Waals surface area (Å²) in [5, 5.41) is 3.59. The highest BCUT2D eigenvalue weighted by molar-refractivity contribution is 6.14. The highest BCUT2D eigenvalue weighted by Crippen LogP contribution is 2.38. The van der Waals surface area contributed by atoms with E-state index in [9.17, 15) is 14.4 Å². The van der Waals surface area contributed by atoms with Crippen LogP contribution in [0.1, 0.15) is 36.0 Å². The van der Waals surface area contributed by atoms with E-state index >= 15 is 0 Å². The first-order chi connectivity index (χ1) is 14.1. The minimum Gasteiger partial charge on any atom is -0.422 e. The van der Waals surface area contributed by atoms with E-state index in [1.807, 2.05) is 6.08 Å². The minimum absolute atomic E-state index is 0.0304. The van der Waals surface area contributed by atoms with Gasteiger partial charge in [0.25, 0.3) is 11.8 Å². The maximum Gasteiger partial charge on any atom is 0.349 e. The summed E-state index contributed by atoms with van der Waals surface area (Å²) in [4.78, 5) is 41.3. The SMILES string of the molecule is O=C1NC2=CC(=NC(=O)c3cc4ccccc4oc3=O)C=CC2C2=C1CCCC2. The average molecular weight is 386 g/mol. The van der Waals surface area contributed by atoms with Crippen LogP contribution in [0.25, 0.3) is 11.0 Å². The van der Waals surface area contributed by atoms with Crippen molar-refractivity contribution in [3.63, 3.8) is 0 Å². The van der Waals surface area contributed by atoms with Crippen molar-refractivity contribution in [1.82, 2.24) is 5.32 Å². The van der Waals surface area contributed by atoms with Crippen molar-refractivity contribution in [2.24, 2.45) is 10.9 Å². The summed E-state index contributed by atoms with van der Waals surface area (Å²) in [6.07, 6.45) is 9.30. The fourth-order valence-corrected chi connectivity index (χ4v) is 4.21. The molecular formula is C23H18N2O4. The molecule has 3 aliphatic rings.